The van der Waals surface area contributed by atoms with Crippen LogP contribution in [0.4, 0.5) is 0 Å². The maximum Gasteiger partial charge on any atom is 0.339 e. The normalized spacial score (nSPS) is 10.3. The second-order valence-corrected chi connectivity index (χ2v) is 4.17. The Hall–Kier alpha value is -0.900. The molecule has 0 N–H and O–H groups in total. The van der Waals surface area contributed by atoms with E-state index in [1.54, 1.807) is 12.1 Å². The Morgan fingerprint density at radius 1 is 1.57 bits per heavy atom. The van der Waals surface area contributed by atoms with Crippen LogP contribution in [0.25, 0.3) is 0 Å². The van der Waals surface area contributed by atoms with Crippen LogP contribution in [0.3, 0.4) is 0 Å². The zero-order valence-electron chi connectivity index (χ0n) is 8.16. The first-order valence-corrected chi connectivity index (χ1v) is 5.17. The Morgan fingerprint density at radius 3 is 2.79 bits per heavy atom. The maximum atomic E-state index is 11.4. The summed E-state index contributed by atoms with van der Waals surface area (Å²) in [5, 5.41) is 0. The van der Waals surface area contributed by atoms with Gasteiger partial charge in [0.05, 0.1) is 12.2 Å². The third kappa shape index (κ3) is 3.46. The van der Waals surface area contributed by atoms with Crippen molar-refractivity contribution in [2.24, 2.45) is 5.92 Å². The highest BCUT2D eigenvalue weighted by molar-refractivity contribution is 9.10. The topological polar surface area (TPSA) is 39.2 Å². The van der Waals surface area contributed by atoms with Crippen molar-refractivity contribution in [2.75, 3.05) is 6.61 Å². The van der Waals surface area contributed by atoms with Gasteiger partial charge in [0.1, 0.15) is 4.60 Å². The molecule has 1 aromatic rings. The van der Waals surface area contributed by atoms with E-state index in [1.807, 2.05) is 13.8 Å². The molecule has 1 rings (SSSR count). The van der Waals surface area contributed by atoms with Crippen molar-refractivity contribution in [3.05, 3.63) is 28.5 Å². The zero-order valence-corrected chi connectivity index (χ0v) is 9.74. The van der Waals surface area contributed by atoms with Gasteiger partial charge in [0.25, 0.3) is 0 Å². The Labute approximate surface area is 91.6 Å². The van der Waals surface area contributed by atoms with Crippen molar-refractivity contribution in [1.29, 1.82) is 0 Å². The number of halogens is 1. The third-order valence-electron chi connectivity index (χ3n) is 1.51. The molecule has 0 atom stereocenters. The number of carbonyl (C=O) groups is 1. The third-order valence-corrected chi connectivity index (χ3v) is 1.98. The van der Waals surface area contributed by atoms with E-state index in [0.717, 1.165) is 0 Å². The van der Waals surface area contributed by atoms with E-state index < -0.39 is 0 Å². The Balaban J connectivity index is 2.57. The molecule has 1 aromatic heterocycles. The average molecular weight is 258 g/mol. The van der Waals surface area contributed by atoms with Crippen LogP contribution in [0, 0.1) is 5.92 Å². The molecule has 0 bridgehead atoms. The average Bonchev–Trinajstić information content (AvgIpc) is 2.15. The Morgan fingerprint density at radius 2 is 2.29 bits per heavy atom. The van der Waals surface area contributed by atoms with Gasteiger partial charge in [0.15, 0.2) is 0 Å². The largest absolute Gasteiger partial charge is 0.462 e. The van der Waals surface area contributed by atoms with Crippen molar-refractivity contribution in [3.8, 4) is 0 Å². The fraction of sp³-hybridized carbons (Fsp3) is 0.400. The van der Waals surface area contributed by atoms with Gasteiger partial charge in [-0.05, 0) is 34.0 Å². The summed E-state index contributed by atoms with van der Waals surface area (Å²) in [5.74, 6) is 0.0288. The van der Waals surface area contributed by atoms with Gasteiger partial charge in [-0.1, -0.05) is 13.8 Å². The number of ether oxygens (including phenoxy) is 1. The van der Waals surface area contributed by atoms with Gasteiger partial charge in [-0.2, -0.15) is 0 Å². The fourth-order valence-electron chi connectivity index (χ4n) is 0.822. The van der Waals surface area contributed by atoms with Crippen LogP contribution >= 0.6 is 15.9 Å². The van der Waals surface area contributed by atoms with E-state index in [1.165, 1.54) is 6.20 Å². The second kappa shape index (κ2) is 5.10. The molecule has 0 aromatic carbocycles. The summed E-state index contributed by atoms with van der Waals surface area (Å²) in [5.41, 5.74) is 0.480. The molecule has 0 aliphatic rings. The van der Waals surface area contributed by atoms with Crippen LogP contribution in [0.1, 0.15) is 24.2 Å². The smallest absolute Gasteiger partial charge is 0.339 e. The molecule has 0 saturated carbocycles. The minimum atomic E-state index is -0.321. The van der Waals surface area contributed by atoms with Crippen LogP contribution in [-0.2, 0) is 4.74 Å². The van der Waals surface area contributed by atoms with Gasteiger partial charge in [-0.15, -0.1) is 0 Å². The second-order valence-electron chi connectivity index (χ2n) is 3.36. The number of pyridine rings is 1. The summed E-state index contributed by atoms with van der Waals surface area (Å²) in [7, 11) is 0. The highest BCUT2D eigenvalue weighted by atomic mass is 79.9. The molecular formula is C10H12BrNO2. The summed E-state index contributed by atoms with van der Waals surface area (Å²) in [6, 6.07) is 3.39. The molecule has 1 heterocycles. The molecule has 0 fully saturated rings. The first-order chi connectivity index (χ1) is 6.59. The van der Waals surface area contributed by atoms with E-state index in [-0.39, 0.29) is 5.97 Å². The highest BCUT2D eigenvalue weighted by Gasteiger charge is 2.07. The van der Waals surface area contributed by atoms with Crippen LogP contribution in [0.5, 0.6) is 0 Å². The quantitative estimate of drug-likeness (QED) is 0.618. The van der Waals surface area contributed by atoms with Crippen molar-refractivity contribution in [1.82, 2.24) is 4.98 Å². The summed E-state index contributed by atoms with van der Waals surface area (Å²) in [6.45, 7) is 4.43. The number of hydrogen-bond donors (Lipinski definition) is 0. The van der Waals surface area contributed by atoms with Gasteiger partial charge in [0.2, 0.25) is 0 Å². The van der Waals surface area contributed by atoms with E-state index in [0.29, 0.717) is 22.7 Å². The van der Waals surface area contributed by atoms with Crippen LogP contribution in [-0.4, -0.2) is 17.6 Å². The van der Waals surface area contributed by atoms with Gasteiger partial charge in [-0.3, -0.25) is 0 Å². The SMILES string of the molecule is CC(C)COC(=O)c1ccc(Br)nc1. The lowest BCUT2D eigenvalue weighted by atomic mass is 10.2. The number of aromatic nitrogens is 1. The molecule has 0 amide bonds. The molecule has 0 aliphatic heterocycles. The van der Waals surface area contributed by atoms with Crippen LogP contribution in [0.15, 0.2) is 22.9 Å². The fourth-order valence-corrected chi connectivity index (χ4v) is 1.06. The van der Waals surface area contributed by atoms with Crippen molar-refractivity contribution < 1.29 is 9.53 Å². The molecule has 76 valence electrons. The number of nitrogens with zero attached hydrogens (tertiary/aromatic N) is 1. The van der Waals surface area contributed by atoms with Crippen LogP contribution in [0.2, 0.25) is 0 Å². The number of rotatable bonds is 3. The molecule has 0 unspecified atom stereocenters. The van der Waals surface area contributed by atoms with E-state index in [9.17, 15) is 4.79 Å². The highest BCUT2D eigenvalue weighted by Crippen LogP contribution is 2.07. The molecule has 0 aliphatic carbocycles. The van der Waals surface area contributed by atoms with E-state index in [2.05, 4.69) is 20.9 Å². The number of esters is 1. The predicted molar refractivity (Wildman–Crippen MR) is 57.1 cm³/mol. The van der Waals surface area contributed by atoms with E-state index >= 15 is 0 Å². The zero-order chi connectivity index (χ0) is 10.6. The number of hydrogen-bond acceptors (Lipinski definition) is 3. The lowest BCUT2D eigenvalue weighted by Gasteiger charge is -2.06. The van der Waals surface area contributed by atoms with Gasteiger partial charge >= 0.3 is 5.97 Å². The monoisotopic (exact) mass is 257 g/mol. The first kappa shape index (κ1) is 11.2. The predicted octanol–water partition coefficient (Wildman–Crippen LogP) is 2.66. The molecule has 0 radical (unpaired) electrons. The van der Waals surface area contributed by atoms with Crippen molar-refractivity contribution in [3.63, 3.8) is 0 Å². The first-order valence-electron chi connectivity index (χ1n) is 4.38. The minimum absolute atomic E-state index is 0.321. The van der Waals surface area contributed by atoms with Crippen LogP contribution < -0.4 is 0 Å². The summed E-state index contributed by atoms with van der Waals surface area (Å²) < 4.78 is 5.74. The van der Waals surface area contributed by atoms with Gasteiger partial charge < -0.3 is 4.74 Å². The summed E-state index contributed by atoms with van der Waals surface area (Å²) >= 11 is 3.19. The van der Waals surface area contributed by atoms with E-state index in [4.69, 9.17) is 4.74 Å². The Bertz CT molecular complexity index is 308. The molecular weight excluding hydrogens is 246 g/mol. The Kier molecular flexibility index (Phi) is 4.07. The lowest BCUT2D eigenvalue weighted by Crippen LogP contribution is -2.10. The molecule has 0 saturated heterocycles. The standard InChI is InChI=1S/C10H12BrNO2/c1-7(2)6-14-10(13)8-3-4-9(11)12-5-8/h3-5,7H,6H2,1-2H3. The van der Waals surface area contributed by atoms with Crippen molar-refractivity contribution >= 4 is 21.9 Å². The lowest BCUT2D eigenvalue weighted by molar-refractivity contribution is 0.0458. The van der Waals surface area contributed by atoms with Gasteiger partial charge in [0, 0.05) is 6.20 Å². The minimum Gasteiger partial charge on any atom is -0.462 e. The maximum absolute atomic E-state index is 11.4. The molecule has 0 spiro atoms. The van der Waals surface area contributed by atoms with Crippen molar-refractivity contribution in [2.45, 2.75) is 13.8 Å². The van der Waals surface area contributed by atoms with Gasteiger partial charge in [-0.25, -0.2) is 9.78 Å². The molecule has 3 nitrogen and oxygen atoms in total. The molecule has 14 heavy (non-hydrogen) atoms. The molecule has 4 heteroatoms. The summed E-state index contributed by atoms with van der Waals surface area (Å²) in [6.07, 6.45) is 1.49. The summed E-state index contributed by atoms with van der Waals surface area (Å²) in [4.78, 5) is 15.3. The number of carbonyl (C=O) groups excluding carboxylic acids is 1.